The SMILES string of the molecule is COc1ccc(S(C)(=O)=O)cc1C(C)C. The molecule has 84 valence electrons. The first kappa shape index (κ1) is 12.0. The Labute approximate surface area is 91.0 Å². The lowest BCUT2D eigenvalue weighted by atomic mass is 10.0. The molecule has 0 radical (unpaired) electrons. The summed E-state index contributed by atoms with van der Waals surface area (Å²) in [5.74, 6) is 0.971. The molecule has 3 nitrogen and oxygen atoms in total. The molecule has 1 rings (SSSR count). The first-order valence-corrected chi connectivity index (χ1v) is 6.63. The van der Waals surface area contributed by atoms with Crippen molar-refractivity contribution in [1.82, 2.24) is 0 Å². The molecule has 0 atom stereocenters. The average molecular weight is 228 g/mol. The molecule has 4 heteroatoms. The van der Waals surface area contributed by atoms with E-state index in [9.17, 15) is 8.42 Å². The van der Waals surface area contributed by atoms with Crippen LogP contribution in [0.3, 0.4) is 0 Å². The van der Waals surface area contributed by atoms with Crippen molar-refractivity contribution in [2.24, 2.45) is 0 Å². The minimum Gasteiger partial charge on any atom is -0.496 e. The smallest absolute Gasteiger partial charge is 0.175 e. The first-order chi connectivity index (χ1) is 6.86. The van der Waals surface area contributed by atoms with Crippen LogP contribution in [0.2, 0.25) is 0 Å². The van der Waals surface area contributed by atoms with Crippen LogP contribution < -0.4 is 4.74 Å². The Morgan fingerprint density at radius 1 is 1.27 bits per heavy atom. The molecule has 0 spiro atoms. The Bertz CT molecular complexity index is 447. The first-order valence-electron chi connectivity index (χ1n) is 4.74. The molecule has 0 heterocycles. The van der Waals surface area contributed by atoms with Gasteiger partial charge in [-0.1, -0.05) is 13.8 Å². The average Bonchev–Trinajstić information content (AvgIpc) is 2.15. The van der Waals surface area contributed by atoms with Gasteiger partial charge in [-0.3, -0.25) is 0 Å². The Morgan fingerprint density at radius 2 is 1.87 bits per heavy atom. The molecule has 0 fully saturated rings. The molecule has 0 aromatic heterocycles. The predicted molar refractivity (Wildman–Crippen MR) is 60.2 cm³/mol. The van der Waals surface area contributed by atoms with Crippen molar-refractivity contribution < 1.29 is 13.2 Å². The number of methoxy groups -OCH3 is 1. The zero-order chi connectivity index (χ0) is 11.6. The van der Waals surface area contributed by atoms with Crippen LogP contribution in [0, 0.1) is 0 Å². The van der Waals surface area contributed by atoms with Gasteiger partial charge in [-0.2, -0.15) is 0 Å². The maximum absolute atomic E-state index is 11.4. The summed E-state index contributed by atoms with van der Waals surface area (Å²) >= 11 is 0. The van der Waals surface area contributed by atoms with E-state index in [0.29, 0.717) is 4.90 Å². The van der Waals surface area contributed by atoms with Crippen LogP contribution in [-0.4, -0.2) is 21.8 Å². The fourth-order valence-corrected chi connectivity index (χ4v) is 2.05. The number of sulfone groups is 1. The second kappa shape index (κ2) is 4.23. The van der Waals surface area contributed by atoms with Crippen molar-refractivity contribution >= 4 is 9.84 Å². The van der Waals surface area contributed by atoms with Gasteiger partial charge >= 0.3 is 0 Å². The van der Waals surface area contributed by atoms with Crippen molar-refractivity contribution in [3.8, 4) is 5.75 Å². The van der Waals surface area contributed by atoms with Gasteiger partial charge in [0.1, 0.15) is 5.75 Å². The maximum Gasteiger partial charge on any atom is 0.175 e. The van der Waals surface area contributed by atoms with Gasteiger partial charge in [-0.15, -0.1) is 0 Å². The Morgan fingerprint density at radius 3 is 2.27 bits per heavy atom. The van der Waals surface area contributed by atoms with Crippen LogP contribution in [0.25, 0.3) is 0 Å². The van der Waals surface area contributed by atoms with Crippen molar-refractivity contribution in [2.45, 2.75) is 24.7 Å². The monoisotopic (exact) mass is 228 g/mol. The third-order valence-corrected chi connectivity index (χ3v) is 3.36. The molecular formula is C11H16O3S. The lowest BCUT2D eigenvalue weighted by molar-refractivity contribution is 0.407. The fourth-order valence-electron chi connectivity index (χ4n) is 1.39. The lowest BCUT2D eigenvalue weighted by Crippen LogP contribution is -2.01. The normalized spacial score (nSPS) is 11.8. The Kier molecular flexibility index (Phi) is 3.39. The molecule has 0 aliphatic rings. The predicted octanol–water partition coefficient (Wildman–Crippen LogP) is 2.22. The summed E-state index contributed by atoms with van der Waals surface area (Å²) in [5, 5.41) is 0. The minimum absolute atomic E-state index is 0.238. The van der Waals surface area contributed by atoms with Crippen LogP contribution in [0.4, 0.5) is 0 Å². The van der Waals surface area contributed by atoms with Gasteiger partial charge in [0.2, 0.25) is 0 Å². The van der Waals surface area contributed by atoms with E-state index in [1.165, 1.54) is 6.26 Å². The van der Waals surface area contributed by atoms with E-state index in [1.807, 2.05) is 13.8 Å². The number of hydrogen-bond acceptors (Lipinski definition) is 3. The number of benzene rings is 1. The number of hydrogen-bond donors (Lipinski definition) is 0. The molecule has 0 N–H and O–H groups in total. The Balaban J connectivity index is 3.35. The van der Waals surface area contributed by atoms with Crippen molar-refractivity contribution in [3.05, 3.63) is 23.8 Å². The third kappa shape index (κ3) is 2.72. The van der Waals surface area contributed by atoms with E-state index in [2.05, 4.69) is 0 Å². The molecule has 0 aliphatic carbocycles. The minimum atomic E-state index is -3.14. The molecule has 0 unspecified atom stereocenters. The van der Waals surface area contributed by atoms with Crippen molar-refractivity contribution in [3.63, 3.8) is 0 Å². The highest BCUT2D eigenvalue weighted by Gasteiger charge is 2.13. The van der Waals surface area contributed by atoms with E-state index in [1.54, 1.807) is 25.3 Å². The van der Waals surface area contributed by atoms with Gasteiger partial charge in [-0.25, -0.2) is 8.42 Å². The largest absolute Gasteiger partial charge is 0.496 e. The van der Waals surface area contributed by atoms with E-state index in [0.717, 1.165) is 11.3 Å². The molecule has 0 aliphatic heterocycles. The van der Waals surface area contributed by atoms with E-state index in [4.69, 9.17) is 4.74 Å². The van der Waals surface area contributed by atoms with Crippen LogP contribution in [0.5, 0.6) is 5.75 Å². The molecule has 0 saturated carbocycles. The quantitative estimate of drug-likeness (QED) is 0.796. The molecule has 0 bridgehead atoms. The summed E-state index contributed by atoms with van der Waals surface area (Å²) in [5.41, 5.74) is 0.917. The highest BCUT2D eigenvalue weighted by molar-refractivity contribution is 7.90. The summed E-state index contributed by atoms with van der Waals surface area (Å²) in [7, 11) is -1.55. The summed E-state index contributed by atoms with van der Waals surface area (Å²) < 4.78 is 27.9. The zero-order valence-corrected chi connectivity index (χ0v) is 10.3. The standard InChI is InChI=1S/C11H16O3S/c1-8(2)10-7-9(15(4,12)13)5-6-11(10)14-3/h5-8H,1-4H3. The van der Waals surface area contributed by atoms with Crippen molar-refractivity contribution in [2.75, 3.05) is 13.4 Å². The van der Waals surface area contributed by atoms with Gasteiger partial charge in [0.25, 0.3) is 0 Å². The van der Waals surface area contributed by atoms with Crippen LogP contribution >= 0.6 is 0 Å². The molecule has 1 aromatic carbocycles. The fraction of sp³-hybridized carbons (Fsp3) is 0.455. The zero-order valence-electron chi connectivity index (χ0n) is 9.44. The Hall–Kier alpha value is -1.03. The van der Waals surface area contributed by atoms with E-state index in [-0.39, 0.29) is 5.92 Å². The topological polar surface area (TPSA) is 43.4 Å². The lowest BCUT2D eigenvalue weighted by Gasteiger charge is -2.12. The van der Waals surface area contributed by atoms with Gasteiger partial charge in [0.05, 0.1) is 12.0 Å². The summed E-state index contributed by atoms with van der Waals surface area (Å²) in [4.78, 5) is 0.340. The maximum atomic E-state index is 11.4. The van der Waals surface area contributed by atoms with Crippen LogP contribution in [0.1, 0.15) is 25.3 Å². The second-order valence-corrected chi connectivity index (χ2v) is 5.85. The highest BCUT2D eigenvalue weighted by atomic mass is 32.2. The van der Waals surface area contributed by atoms with Gasteiger partial charge in [-0.05, 0) is 29.7 Å². The van der Waals surface area contributed by atoms with E-state index >= 15 is 0 Å². The van der Waals surface area contributed by atoms with Crippen LogP contribution in [-0.2, 0) is 9.84 Å². The molecule has 15 heavy (non-hydrogen) atoms. The molecule has 1 aromatic rings. The van der Waals surface area contributed by atoms with Crippen molar-refractivity contribution in [1.29, 1.82) is 0 Å². The third-order valence-electron chi connectivity index (χ3n) is 2.25. The summed E-state index contributed by atoms with van der Waals surface area (Å²) in [6.07, 6.45) is 1.21. The molecule has 0 amide bonds. The van der Waals surface area contributed by atoms with Gasteiger partial charge < -0.3 is 4.74 Å². The highest BCUT2D eigenvalue weighted by Crippen LogP contribution is 2.28. The summed E-state index contributed by atoms with van der Waals surface area (Å²) in [6.45, 7) is 4.01. The van der Waals surface area contributed by atoms with Gasteiger partial charge in [0, 0.05) is 6.26 Å². The van der Waals surface area contributed by atoms with E-state index < -0.39 is 9.84 Å². The number of ether oxygens (including phenoxy) is 1. The molecule has 0 saturated heterocycles. The van der Waals surface area contributed by atoms with Crippen LogP contribution in [0.15, 0.2) is 23.1 Å². The molecular weight excluding hydrogens is 212 g/mol. The number of rotatable bonds is 3. The summed E-state index contributed by atoms with van der Waals surface area (Å²) in [6, 6.07) is 4.95. The van der Waals surface area contributed by atoms with Gasteiger partial charge in [0.15, 0.2) is 9.84 Å². The second-order valence-electron chi connectivity index (χ2n) is 3.83.